The van der Waals surface area contributed by atoms with E-state index < -0.39 is 10.0 Å². The van der Waals surface area contributed by atoms with Gasteiger partial charge >= 0.3 is 0 Å². The van der Waals surface area contributed by atoms with E-state index in [1.807, 2.05) is 25.7 Å². The maximum atomic E-state index is 11.3. The molecular weight excluding hydrogens is 280 g/mol. The van der Waals surface area contributed by atoms with Crippen LogP contribution in [0.1, 0.15) is 39.5 Å². The zero-order valence-corrected chi connectivity index (χ0v) is 13.2. The topological polar surface area (TPSA) is 88.3 Å². The van der Waals surface area contributed by atoms with Crippen LogP contribution < -0.4 is 9.62 Å². The monoisotopic (exact) mass is 302 g/mol. The fraction of sp³-hybridized carbons (Fsp3) is 0.833. The lowest BCUT2D eigenvalue weighted by atomic mass is 9.97. The van der Waals surface area contributed by atoms with Crippen LogP contribution in [0.3, 0.4) is 0 Å². The van der Waals surface area contributed by atoms with Gasteiger partial charge in [0.1, 0.15) is 0 Å². The highest BCUT2D eigenvalue weighted by atomic mass is 32.2. The third kappa shape index (κ3) is 3.92. The largest absolute Gasteiger partial charge is 0.337 e. The molecule has 1 aromatic heterocycles. The normalized spacial score (nSPS) is 21.2. The Kier molecular flexibility index (Phi) is 4.06. The second kappa shape index (κ2) is 5.33. The molecule has 0 aromatic carbocycles. The number of anilines is 1. The summed E-state index contributed by atoms with van der Waals surface area (Å²) >= 11 is 0. The van der Waals surface area contributed by atoms with Crippen LogP contribution in [0.2, 0.25) is 0 Å². The smallest absolute Gasteiger partial charge is 0.266 e. The fourth-order valence-electron chi connectivity index (χ4n) is 2.21. The van der Waals surface area contributed by atoms with Crippen molar-refractivity contribution in [3.05, 3.63) is 5.89 Å². The zero-order valence-electron chi connectivity index (χ0n) is 12.4. The van der Waals surface area contributed by atoms with E-state index >= 15 is 0 Å². The van der Waals surface area contributed by atoms with Gasteiger partial charge in [0.05, 0.1) is 6.26 Å². The molecule has 0 aliphatic carbocycles. The molecule has 2 rings (SSSR count). The van der Waals surface area contributed by atoms with Crippen molar-refractivity contribution in [1.82, 2.24) is 14.9 Å². The number of hydrogen-bond acceptors (Lipinski definition) is 6. The molecule has 7 nitrogen and oxygen atoms in total. The first-order chi connectivity index (χ1) is 9.15. The Morgan fingerprint density at radius 1 is 1.40 bits per heavy atom. The van der Waals surface area contributed by atoms with Crippen molar-refractivity contribution >= 4 is 16.0 Å². The summed E-state index contributed by atoms with van der Waals surface area (Å²) in [6.07, 6.45) is 2.90. The highest BCUT2D eigenvalue weighted by molar-refractivity contribution is 7.88. The molecule has 1 aliphatic rings. The maximum absolute atomic E-state index is 11.3. The number of hydrogen-bond donors (Lipinski definition) is 1. The average molecular weight is 302 g/mol. The molecule has 20 heavy (non-hydrogen) atoms. The van der Waals surface area contributed by atoms with Crippen LogP contribution in [0.4, 0.5) is 5.95 Å². The molecule has 0 saturated carbocycles. The van der Waals surface area contributed by atoms with Gasteiger partial charge in [0.15, 0.2) is 0 Å². The molecule has 0 spiro atoms. The van der Waals surface area contributed by atoms with Gasteiger partial charge in [-0.3, -0.25) is 0 Å². The first-order valence-electron chi connectivity index (χ1n) is 6.71. The lowest BCUT2D eigenvalue weighted by Gasteiger charge is -2.31. The van der Waals surface area contributed by atoms with Crippen LogP contribution in [0, 0.1) is 0 Å². The van der Waals surface area contributed by atoms with Crippen LogP contribution in [0.25, 0.3) is 0 Å². The Bertz CT molecular complexity index is 562. The van der Waals surface area contributed by atoms with Crippen molar-refractivity contribution < 1.29 is 12.9 Å². The first-order valence-corrected chi connectivity index (χ1v) is 8.61. The average Bonchev–Trinajstić information content (AvgIpc) is 2.75. The van der Waals surface area contributed by atoms with Crippen LogP contribution in [0.15, 0.2) is 4.52 Å². The molecule has 1 aromatic rings. The van der Waals surface area contributed by atoms with E-state index in [1.165, 1.54) is 6.26 Å². The maximum Gasteiger partial charge on any atom is 0.266 e. The zero-order chi connectivity index (χ0) is 15.0. The van der Waals surface area contributed by atoms with Gasteiger partial charge in [-0.2, -0.15) is 4.98 Å². The summed E-state index contributed by atoms with van der Waals surface area (Å²) in [5.74, 6) is 1.13. The predicted molar refractivity (Wildman–Crippen MR) is 76.2 cm³/mol. The van der Waals surface area contributed by atoms with E-state index in [9.17, 15) is 8.42 Å². The molecule has 0 amide bonds. The van der Waals surface area contributed by atoms with Gasteiger partial charge < -0.3 is 9.42 Å². The van der Waals surface area contributed by atoms with E-state index in [1.54, 1.807) is 0 Å². The Morgan fingerprint density at radius 2 is 2.10 bits per heavy atom. The number of sulfonamides is 1. The summed E-state index contributed by atoms with van der Waals surface area (Å²) in [7, 11) is -3.19. The number of nitrogens with one attached hydrogen (secondary N) is 1. The number of aromatic nitrogens is 2. The highest BCUT2D eigenvalue weighted by Gasteiger charge is 2.27. The van der Waals surface area contributed by atoms with Gasteiger partial charge in [-0.05, 0) is 18.0 Å². The molecule has 8 heteroatoms. The fourth-order valence-corrected chi connectivity index (χ4v) is 3.00. The van der Waals surface area contributed by atoms with Crippen molar-refractivity contribution in [3.8, 4) is 0 Å². The van der Waals surface area contributed by atoms with Gasteiger partial charge in [-0.15, -0.1) is 0 Å². The van der Waals surface area contributed by atoms with Crippen molar-refractivity contribution in [3.63, 3.8) is 0 Å². The predicted octanol–water partition coefficient (Wildman–Crippen LogP) is 0.885. The molecule has 1 unspecified atom stereocenters. The molecule has 0 bridgehead atoms. The lowest BCUT2D eigenvalue weighted by molar-refractivity contribution is 0.319. The Hall–Kier alpha value is -1.15. The Morgan fingerprint density at radius 3 is 2.65 bits per heavy atom. The summed E-state index contributed by atoms with van der Waals surface area (Å²) in [5.41, 5.74) is -0.189. The summed E-state index contributed by atoms with van der Waals surface area (Å²) < 4.78 is 30.5. The summed E-state index contributed by atoms with van der Waals surface area (Å²) in [4.78, 5) is 6.37. The molecule has 1 fully saturated rings. The Balaban J connectivity index is 2.07. The highest BCUT2D eigenvalue weighted by Crippen LogP contribution is 2.24. The van der Waals surface area contributed by atoms with E-state index in [2.05, 4.69) is 14.9 Å². The summed E-state index contributed by atoms with van der Waals surface area (Å²) in [6.45, 7) is 7.40. The number of piperidine rings is 1. The van der Waals surface area contributed by atoms with Gasteiger partial charge in [-0.1, -0.05) is 20.8 Å². The second-order valence-corrected chi connectivity index (χ2v) is 8.10. The minimum Gasteiger partial charge on any atom is -0.337 e. The van der Waals surface area contributed by atoms with Crippen molar-refractivity contribution in [2.75, 3.05) is 24.2 Å². The molecular formula is C12H22N4O3S. The minimum absolute atomic E-state index is 0.102. The molecule has 2 heterocycles. The quantitative estimate of drug-likeness (QED) is 0.892. The van der Waals surface area contributed by atoms with Crippen LogP contribution >= 0.6 is 0 Å². The summed E-state index contributed by atoms with van der Waals surface area (Å²) in [5, 5.41) is 4.00. The summed E-state index contributed by atoms with van der Waals surface area (Å²) in [6, 6.07) is -0.102. The SMILES string of the molecule is CC(C)(C)c1nc(N2CCCC(NS(C)(=O)=O)C2)no1. The van der Waals surface area contributed by atoms with Gasteiger partial charge in [0.2, 0.25) is 15.9 Å². The van der Waals surface area contributed by atoms with Crippen LogP contribution in [-0.4, -0.2) is 43.9 Å². The van der Waals surface area contributed by atoms with Gasteiger partial charge in [-0.25, -0.2) is 13.1 Å². The van der Waals surface area contributed by atoms with E-state index in [0.29, 0.717) is 18.4 Å². The number of nitrogens with zero attached hydrogens (tertiary/aromatic N) is 3. The lowest BCUT2D eigenvalue weighted by Crippen LogP contribution is -2.47. The first kappa shape index (κ1) is 15.2. The third-order valence-electron chi connectivity index (χ3n) is 3.14. The standard InChI is InChI=1S/C12H22N4O3S/c1-12(2,3)10-13-11(14-19-10)16-7-5-6-9(8-16)15-20(4,17)18/h9,15H,5-8H2,1-4H3. The van der Waals surface area contributed by atoms with Gasteiger partial charge in [0, 0.05) is 24.5 Å². The second-order valence-electron chi connectivity index (χ2n) is 6.32. The van der Waals surface area contributed by atoms with Crippen molar-refractivity contribution in [2.24, 2.45) is 0 Å². The molecule has 0 radical (unpaired) electrons. The van der Waals surface area contributed by atoms with E-state index in [4.69, 9.17) is 4.52 Å². The van der Waals surface area contributed by atoms with Gasteiger partial charge in [0.25, 0.3) is 5.95 Å². The minimum atomic E-state index is -3.19. The number of rotatable bonds is 3. The molecule has 1 atom stereocenters. The Labute approximate surface area is 119 Å². The van der Waals surface area contributed by atoms with E-state index in [-0.39, 0.29) is 11.5 Å². The van der Waals surface area contributed by atoms with Crippen LogP contribution in [0.5, 0.6) is 0 Å². The molecule has 114 valence electrons. The van der Waals surface area contributed by atoms with Crippen molar-refractivity contribution in [1.29, 1.82) is 0 Å². The van der Waals surface area contributed by atoms with E-state index in [0.717, 1.165) is 19.4 Å². The molecule has 1 aliphatic heterocycles. The van der Waals surface area contributed by atoms with Crippen LogP contribution in [-0.2, 0) is 15.4 Å². The van der Waals surface area contributed by atoms with Crippen molar-refractivity contribution in [2.45, 2.75) is 45.1 Å². The third-order valence-corrected chi connectivity index (χ3v) is 3.90. The molecule has 1 saturated heterocycles. The molecule has 1 N–H and O–H groups in total.